The van der Waals surface area contributed by atoms with Crippen LogP contribution in [0, 0.1) is 11.6 Å². The van der Waals surface area contributed by atoms with E-state index in [0.29, 0.717) is 5.56 Å². The highest BCUT2D eigenvalue weighted by Gasteiger charge is 2.11. The smallest absolute Gasteiger partial charge is 0.253 e. The minimum atomic E-state index is -0.518. The Labute approximate surface area is 114 Å². The lowest BCUT2D eigenvalue weighted by Crippen LogP contribution is -2.23. The SMILES string of the molecule is O=C(NCc1ccccc1F)c1ccc(F)cc1Cl. The van der Waals surface area contributed by atoms with Gasteiger partial charge in [-0.05, 0) is 24.3 Å². The number of carbonyl (C=O) groups excluding carboxylic acids is 1. The lowest BCUT2D eigenvalue weighted by Gasteiger charge is -2.07. The Morgan fingerprint density at radius 1 is 1.16 bits per heavy atom. The Bertz CT molecular complexity index is 616. The molecule has 0 saturated carbocycles. The van der Waals surface area contributed by atoms with E-state index in [4.69, 9.17) is 11.6 Å². The molecule has 0 saturated heterocycles. The molecule has 2 nitrogen and oxygen atoms in total. The van der Waals surface area contributed by atoms with Crippen molar-refractivity contribution in [1.82, 2.24) is 5.32 Å². The molecule has 0 heterocycles. The van der Waals surface area contributed by atoms with Crippen molar-refractivity contribution >= 4 is 17.5 Å². The van der Waals surface area contributed by atoms with Crippen LogP contribution in [0.5, 0.6) is 0 Å². The van der Waals surface area contributed by atoms with E-state index in [9.17, 15) is 13.6 Å². The second kappa shape index (κ2) is 5.80. The van der Waals surface area contributed by atoms with E-state index in [2.05, 4.69) is 5.32 Å². The molecule has 0 aliphatic heterocycles. The lowest BCUT2D eigenvalue weighted by molar-refractivity contribution is 0.0950. The van der Waals surface area contributed by atoms with Crippen LogP contribution in [-0.4, -0.2) is 5.91 Å². The molecule has 0 aliphatic carbocycles. The summed E-state index contributed by atoms with van der Waals surface area (Å²) in [7, 11) is 0. The molecule has 19 heavy (non-hydrogen) atoms. The Kier molecular flexibility index (Phi) is 4.12. The number of benzene rings is 2. The van der Waals surface area contributed by atoms with E-state index < -0.39 is 17.5 Å². The Hall–Kier alpha value is -1.94. The van der Waals surface area contributed by atoms with Crippen molar-refractivity contribution in [3.63, 3.8) is 0 Å². The Morgan fingerprint density at radius 2 is 1.89 bits per heavy atom. The summed E-state index contributed by atoms with van der Waals surface area (Å²) in [6.45, 7) is 0.0409. The molecule has 0 bridgehead atoms. The molecular formula is C14H10ClF2NO. The van der Waals surface area contributed by atoms with Crippen molar-refractivity contribution in [2.75, 3.05) is 0 Å². The first-order chi connectivity index (χ1) is 9.08. The maximum absolute atomic E-state index is 13.3. The fourth-order valence-electron chi connectivity index (χ4n) is 1.59. The van der Waals surface area contributed by atoms with Gasteiger partial charge in [0, 0.05) is 12.1 Å². The third-order valence-corrected chi connectivity index (χ3v) is 2.89. The van der Waals surface area contributed by atoms with Gasteiger partial charge in [-0.15, -0.1) is 0 Å². The maximum atomic E-state index is 13.3. The molecule has 2 rings (SSSR count). The minimum absolute atomic E-state index is 0.0195. The van der Waals surface area contributed by atoms with Crippen molar-refractivity contribution in [2.24, 2.45) is 0 Å². The normalized spacial score (nSPS) is 10.3. The standard InChI is InChI=1S/C14H10ClF2NO/c15-12-7-10(16)5-6-11(12)14(19)18-8-9-3-1-2-4-13(9)17/h1-7H,8H2,(H,18,19). The largest absolute Gasteiger partial charge is 0.348 e. The molecule has 1 N–H and O–H groups in total. The van der Waals surface area contributed by atoms with E-state index in [1.54, 1.807) is 18.2 Å². The minimum Gasteiger partial charge on any atom is -0.348 e. The average molecular weight is 282 g/mol. The summed E-state index contributed by atoms with van der Waals surface area (Å²) in [5.41, 5.74) is 0.522. The van der Waals surface area contributed by atoms with Crippen LogP contribution >= 0.6 is 11.6 Å². The molecule has 0 radical (unpaired) electrons. The third-order valence-electron chi connectivity index (χ3n) is 2.57. The van der Waals surface area contributed by atoms with Crippen LogP contribution in [0.25, 0.3) is 0 Å². The van der Waals surface area contributed by atoms with Gasteiger partial charge < -0.3 is 5.32 Å². The molecule has 0 aromatic heterocycles. The quantitative estimate of drug-likeness (QED) is 0.916. The molecule has 0 unspecified atom stereocenters. The second-order valence-electron chi connectivity index (χ2n) is 3.90. The molecule has 2 aromatic rings. The molecular weight excluding hydrogens is 272 g/mol. The number of amides is 1. The summed E-state index contributed by atoms with van der Waals surface area (Å²) < 4.78 is 26.2. The van der Waals surface area contributed by atoms with E-state index in [-0.39, 0.29) is 17.1 Å². The lowest BCUT2D eigenvalue weighted by atomic mass is 10.2. The number of hydrogen-bond donors (Lipinski definition) is 1. The highest BCUT2D eigenvalue weighted by atomic mass is 35.5. The summed E-state index contributed by atoms with van der Waals surface area (Å²) in [6, 6.07) is 9.61. The van der Waals surface area contributed by atoms with E-state index >= 15 is 0 Å². The van der Waals surface area contributed by atoms with Gasteiger partial charge in [-0.25, -0.2) is 8.78 Å². The topological polar surface area (TPSA) is 29.1 Å². The zero-order chi connectivity index (χ0) is 13.8. The van der Waals surface area contributed by atoms with Gasteiger partial charge in [0.1, 0.15) is 11.6 Å². The average Bonchev–Trinajstić information content (AvgIpc) is 2.37. The van der Waals surface area contributed by atoms with Gasteiger partial charge in [0.05, 0.1) is 10.6 Å². The molecule has 98 valence electrons. The highest BCUT2D eigenvalue weighted by molar-refractivity contribution is 6.33. The maximum Gasteiger partial charge on any atom is 0.253 e. The van der Waals surface area contributed by atoms with E-state index in [1.165, 1.54) is 12.1 Å². The number of nitrogens with one attached hydrogen (secondary N) is 1. The predicted octanol–water partition coefficient (Wildman–Crippen LogP) is 3.55. The highest BCUT2D eigenvalue weighted by Crippen LogP contribution is 2.17. The van der Waals surface area contributed by atoms with E-state index in [1.807, 2.05) is 0 Å². The van der Waals surface area contributed by atoms with Crippen molar-refractivity contribution in [1.29, 1.82) is 0 Å². The monoisotopic (exact) mass is 281 g/mol. The third kappa shape index (κ3) is 3.29. The molecule has 0 spiro atoms. The summed E-state index contributed by atoms with van der Waals surface area (Å²) in [6.07, 6.45) is 0. The number of rotatable bonds is 3. The van der Waals surface area contributed by atoms with Gasteiger partial charge in [0.15, 0.2) is 0 Å². The van der Waals surface area contributed by atoms with E-state index in [0.717, 1.165) is 12.1 Å². The molecule has 1 amide bonds. The van der Waals surface area contributed by atoms with Crippen molar-refractivity contribution in [2.45, 2.75) is 6.54 Å². The van der Waals surface area contributed by atoms with Gasteiger partial charge in [-0.1, -0.05) is 29.8 Å². The van der Waals surface area contributed by atoms with Crippen LogP contribution in [0.15, 0.2) is 42.5 Å². The number of hydrogen-bond acceptors (Lipinski definition) is 1. The van der Waals surface area contributed by atoms with Gasteiger partial charge in [0.25, 0.3) is 5.91 Å². The second-order valence-corrected chi connectivity index (χ2v) is 4.31. The van der Waals surface area contributed by atoms with Crippen LogP contribution in [0.2, 0.25) is 5.02 Å². The first kappa shape index (κ1) is 13.5. The number of carbonyl (C=O) groups is 1. The van der Waals surface area contributed by atoms with Crippen LogP contribution in [0.1, 0.15) is 15.9 Å². The van der Waals surface area contributed by atoms with Crippen LogP contribution < -0.4 is 5.32 Å². The van der Waals surface area contributed by atoms with Crippen molar-refractivity contribution in [3.8, 4) is 0 Å². The van der Waals surface area contributed by atoms with Gasteiger partial charge >= 0.3 is 0 Å². The number of halogens is 3. The predicted molar refractivity (Wildman–Crippen MR) is 69.0 cm³/mol. The van der Waals surface area contributed by atoms with Crippen molar-refractivity contribution < 1.29 is 13.6 Å². The zero-order valence-electron chi connectivity index (χ0n) is 9.79. The first-order valence-electron chi connectivity index (χ1n) is 5.54. The zero-order valence-corrected chi connectivity index (χ0v) is 10.5. The van der Waals surface area contributed by atoms with Gasteiger partial charge in [-0.2, -0.15) is 0 Å². The fraction of sp³-hybridized carbons (Fsp3) is 0.0714. The molecule has 0 fully saturated rings. The van der Waals surface area contributed by atoms with Gasteiger partial charge in [0.2, 0.25) is 0 Å². The van der Waals surface area contributed by atoms with Crippen LogP contribution in [-0.2, 0) is 6.54 Å². The first-order valence-corrected chi connectivity index (χ1v) is 5.92. The van der Waals surface area contributed by atoms with Gasteiger partial charge in [-0.3, -0.25) is 4.79 Å². The summed E-state index contributed by atoms with van der Waals surface area (Å²) in [5, 5.41) is 2.55. The fourth-order valence-corrected chi connectivity index (χ4v) is 1.84. The van der Waals surface area contributed by atoms with Crippen LogP contribution in [0.4, 0.5) is 8.78 Å². The Morgan fingerprint density at radius 3 is 2.58 bits per heavy atom. The summed E-state index contributed by atoms with van der Waals surface area (Å²) in [4.78, 5) is 11.8. The Balaban J connectivity index is 2.08. The van der Waals surface area contributed by atoms with Crippen molar-refractivity contribution in [3.05, 3.63) is 70.2 Å². The summed E-state index contributed by atoms with van der Waals surface area (Å²) >= 11 is 5.76. The molecule has 5 heteroatoms. The summed E-state index contributed by atoms with van der Waals surface area (Å²) in [5.74, 6) is -1.39. The van der Waals surface area contributed by atoms with Crippen LogP contribution in [0.3, 0.4) is 0 Å². The molecule has 0 atom stereocenters. The molecule has 2 aromatic carbocycles. The molecule has 0 aliphatic rings.